The second kappa shape index (κ2) is 5.75. The Hall–Kier alpha value is -1.04. The molecule has 0 saturated heterocycles. The van der Waals surface area contributed by atoms with E-state index in [0.29, 0.717) is 0 Å². The highest BCUT2D eigenvalue weighted by atomic mass is 14.0. The third-order valence-corrected chi connectivity index (χ3v) is 2.66. The zero-order valence-electron chi connectivity index (χ0n) is 10.4. The Labute approximate surface area is 94.0 Å². The molecule has 0 spiro atoms. The molecule has 0 radical (unpaired) electrons. The van der Waals surface area contributed by atoms with Gasteiger partial charge in [0.1, 0.15) is 0 Å². The summed E-state index contributed by atoms with van der Waals surface area (Å²) in [5.41, 5.74) is 5.76. The molecule has 0 heteroatoms. The zero-order chi connectivity index (χ0) is 11.3. The summed E-state index contributed by atoms with van der Waals surface area (Å²) in [5, 5.41) is 0. The highest BCUT2D eigenvalue weighted by Gasteiger charge is 1.99. The van der Waals surface area contributed by atoms with Crippen molar-refractivity contribution in [3.8, 4) is 0 Å². The Morgan fingerprint density at radius 3 is 2.13 bits per heavy atom. The van der Waals surface area contributed by atoms with E-state index in [-0.39, 0.29) is 0 Å². The topological polar surface area (TPSA) is 0 Å². The van der Waals surface area contributed by atoms with E-state index < -0.39 is 0 Å². The first-order chi connectivity index (χ1) is 7.15. The molecule has 0 unspecified atom stereocenters. The Morgan fingerprint density at radius 1 is 1.07 bits per heavy atom. The van der Waals surface area contributed by atoms with Crippen LogP contribution in [-0.2, 0) is 6.42 Å². The summed E-state index contributed by atoms with van der Waals surface area (Å²) in [6.45, 7) is 8.79. The molecule has 1 rings (SSSR count). The van der Waals surface area contributed by atoms with Gasteiger partial charge in [-0.25, -0.2) is 0 Å². The van der Waals surface area contributed by atoms with Gasteiger partial charge in [0, 0.05) is 0 Å². The van der Waals surface area contributed by atoms with E-state index in [4.69, 9.17) is 0 Å². The van der Waals surface area contributed by atoms with E-state index >= 15 is 0 Å². The lowest BCUT2D eigenvalue weighted by atomic mass is 9.99. The molecule has 0 aliphatic carbocycles. The van der Waals surface area contributed by atoms with Gasteiger partial charge in [0.15, 0.2) is 0 Å². The van der Waals surface area contributed by atoms with Crippen LogP contribution in [-0.4, -0.2) is 0 Å². The monoisotopic (exact) mass is 202 g/mol. The zero-order valence-corrected chi connectivity index (χ0v) is 10.4. The minimum Gasteiger partial charge on any atom is -0.0853 e. The van der Waals surface area contributed by atoms with Crippen molar-refractivity contribution in [3.63, 3.8) is 0 Å². The summed E-state index contributed by atoms with van der Waals surface area (Å²) < 4.78 is 0. The molecule has 0 saturated carbocycles. The van der Waals surface area contributed by atoms with Crippen LogP contribution in [0, 0.1) is 13.8 Å². The van der Waals surface area contributed by atoms with E-state index in [1.54, 1.807) is 5.57 Å². The van der Waals surface area contributed by atoms with Crippen molar-refractivity contribution in [2.75, 3.05) is 0 Å². The van der Waals surface area contributed by atoms with E-state index in [1.165, 1.54) is 23.1 Å². The molecular formula is C15H22. The fraction of sp³-hybridized carbons (Fsp3) is 0.467. The summed E-state index contributed by atoms with van der Waals surface area (Å²) in [7, 11) is 0. The van der Waals surface area contributed by atoms with Crippen molar-refractivity contribution < 1.29 is 0 Å². The van der Waals surface area contributed by atoms with Gasteiger partial charge in [-0.2, -0.15) is 0 Å². The van der Waals surface area contributed by atoms with Crippen molar-refractivity contribution in [1.82, 2.24) is 0 Å². The van der Waals surface area contributed by atoms with Crippen molar-refractivity contribution >= 4 is 0 Å². The normalized spacial score (nSPS) is 11.9. The SMILES string of the molecule is CC/C=C(\CC)Cc1cc(C)cc(C)c1. The van der Waals surface area contributed by atoms with Crippen LogP contribution in [0.2, 0.25) is 0 Å². The molecule has 0 aliphatic rings. The Bertz CT molecular complexity index is 325. The first kappa shape index (κ1) is 12.0. The molecule has 15 heavy (non-hydrogen) atoms. The molecule has 0 N–H and O–H groups in total. The molecule has 0 fully saturated rings. The van der Waals surface area contributed by atoms with E-state index in [9.17, 15) is 0 Å². The lowest BCUT2D eigenvalue weighted by molar-refractivity contribution is 0.975. The van der Waals surface area contributed by atoms with Gasteiger partial charge in [0.05, 0.1) is 0 Å². The van der Waals surface area contributed by atoms with Crippen LogP contribution in [0.4, 0.5) is 0 Å². The number of rotatable bonds is 4. The molecule has 1 aromatic carbocycles. The third kappa shape index (κ3) is 3.91. The lowest BCUT2D eigenvalue weighted by Crippen LogP contribution is -1.91. The number of allylic oxidation sites excluding steroid dienone is 2. The summed E-state index contributed by atoms with van der Waals surface area (Å²) in [4.78, 5) is 0. The number of aryl methyl sites for hydroxylation is 2. The van der Waals surface area contributed by atoms with E-state index in [0.717, 1.165) is 12.8 Å². The second-order valence-electron chi connectivity index (χ2n) is 4.30. The fourth-order valence-corrected chi connectivity index (χ4v) is 2.06. The summed E-state index contributed by atoms with van der Waals surface area (Å²) in [5.74, 6) is 0. The van der Waals surface area contributed by atoms with Gasteiger partial charge in [-0.1, -0.05) is 54.8 Å². The molecule has 0 amide bonds. The van der Waals surface area contributed by atoms with Crippen LogP contribution in [0.25, 0.3) is 0 Å². The van der Waals surface area contributed by atoms with E-state index in [2.05, 4.69) is 52.0 Å². The first-order valence-electron chi connectivity index (χ1n) is 5.90. The average molecular weight is 202 g/mol. The van der Waals surface area contributed by atoms with Gasteiger partial charge in [0.2, 0.25) is 0 Å². The maximum Gasteiger partial charge on any atom is -0.00670 e. The largest absolute Gasteiger partial charge is 0.0853 e. The van der Waals surface area contributed by atoms with Crippen LogP contribution < -0.4 is 0 Å². The standard InChI is InChI=1S/C15H22/c1-5-7-14(6-2)11-15-9-12(3)8-13(4)10-15/h7-10H,5-6,11H2,1-4H3/b14-7+. The first-order valence-corrected chi connectivity index (χ1v) is 5.90. The number of hydrogen-bond donors (Lipinski definition) is 0. The van der Waals surface area contributed by atoms with Crippen molar-refractivity contribution in [3.05, 3.63) is 46.5 Å². The van der Waals surface area contributed by atoms with Gasteiger partial charge in [-0.3, -0.25) is 0 Å². The van der Waals surface area contributed by atoms with Crippen LogP contribution in [0.1, 0.15) is 43.4 Å². The maximum atomic E-state index is 2.36. The van der Waals surface area contributed by atoms with Gasteiger partial charge in [-0.15, -0.1) is 0 Å². The molecule has 0 aliphatic heterocycles. The van der Waals surface area contributed by atoms with Gasteiger partial charge in [-0.05, 0) is 38.7 Å². The molecule has 1 aromatic rings. The highest BCUT2D eigenvalue weighted by molar-refractivity contribution is 5.31. The summed E-state index contributed by atoms with van der Waals surface area (Å²) in [6, 6.07) is 6.83. The second-order valence-corrected chi connectivity index (χ2v) is 4.30. The van der Waals surface area contributed by atoms with Crippen LogP contribution in [0.3, 0.4) is 0 Å². The van der Waals surface area contributed by atoms with Crippen LogP contribution >= 0.6 is 0 Å². The molecule has 0 heterocycles. The van der Waals surface area contributed by atoms with Gasteiger partial charge in [0.25, 0.3) is 0 Å². The fourth-order valence-electron chi connectivity index (χ4n) is 2.06. The molecule has 0 nitrogen and oxygen atoms in total. The minimum absolute atomic E-state index is 1.12. The molecule has 82 valence electrons. The van der Waals surface area contributed by atoms with Crippen molar-refractivity contribution in [2.24, 2.45) is 0 Å². The quantitative estimate of drug-likeness (QED) is 0.626. The molecule has 0 bridgehead atoms. The maximum absolute atomic E-state index is 2.36. The average Bonchev–Trinajstić information content (AvgIpc) is 2.15. The van der Waals surface area contributed by atoms with Crippen molar-refractivity contribution in [1.29, 1.82) is 0 Å². The van der Waals surface area contributed by atoms with Crippen molar-refractivity contribution in [2.45, 2.75) is 47.0 Å². The number of benzene rings is 1. The Balaban J connectivity index is 2.83. The number of hydrogen-bond acceptors (Lipinski definition) is 0. The summed E-state index contributed by atoms with van der Waals surface area (Å²) >= 11 is 0. The molecular weight excluding hydrogens is 180 g/mol. The van der Waals surface area contributed by atoms with E-state index in [1.807, 2.05) is 0 Å². The molecule has 0 atom stereocenters. The smallest absolute Gasteiger partial charge is 0.00670 e. The van der Waals surface area contributed by atoms with Crippen LogP contribution in [0.15, 0.2) is 29.8 Å². The predicted molar refractivity (Wildman–Crippen MR) is 68.3 cm³/mol. The Kier molecular flexibility index (Phi) is 4.61. The lowest BCUT2D eigenvalue weighted by Gasteiger charge is -2.07. The van der Waals surface area contributed by atoms with Crippen LogP contribution in [0.5, 0.6) is 0 Å². The predicted octanol–water partition coefficient (Wildman–Crippen LogP) is 4.59. The van der Waals surface area contributed by atoms with Gasteiger partial charge < -0.3 is 0 Å². The van der Waals surface area contributed by atoms with Gasteiger partial charge >= 0.3 is 0 Å². The molecule has 0 aromatic heterocycles. The minimum atomic E-state index is 1.12. The summed E-state index contributed by atoms with van der Waals surface area (Å²) in [6.07, 6.45) is 5.79. The third-order valence-electron chi connectivity index (χ3n) is 2.66. The Morgan fingerprint density at radius 2 is 1.67 bits per heavy atom. The highest BCUT2D eigenvalue weighted by Crippen LogP contribution is 2.15.